The molecule has 0 atom stereocenters. The minimum atomic E-state index is -4.41. The molecule has 0 aromatic carbocycles. The van der Waals surface area contributed by atoms with Gasteiger partial charge in [0.25, 0.3) is 0 Å². The molecule has 120 valence electrons. The van der Waals surface area contributed by atoms with E-state index in [1.807, 2.05) is 27.7 Å². The van der Waals surface area contributed by atoms with Crippen LogP contribution in [0.1, 0.15) is 46.1 Å². The maximum absolute atomic E-state index is 12.9. The van der Waals surface area contributed by atoms with Crippen LogP contribution >= 0.6 is 0 Å². The summed E-state index contributed by atoms with van der Waals surface area (Å²) in [5.41, 5.74) is -0.688. The van der Waals surface area contributed by atoms with Gasteiger partial charge in [-0.15, -0.1) is 0 Å². The standard InChI is InChI=1S/C15H23F3N2O/c1-5-7-19-12-9-11(15(16,17)18)10-13(20-12)21-8-6-14(2,3)4/h9-10H,5-8H2,1-4H3,(H,19,20). The van der Waals surface area contributed by atoms with Gasteiger partial charge in [0.15, 0.2) is 0 Å². The molecule has 3 nitrogen and oxygen atoms in total. The van der Waals surface area contributed by atoms with Gasteiger partial charge in [-0.25, -0.2) is 0 Å². The molecule has 0 saturated carbocycles. The van der Waals surface area contributed by atoms with Crippen molar-refractivity contribution < 1.29 is 17.9 Å². The Kier molecular flexibility index (Phi) is 5.87. The second-order valence-corrected chi connectivity index (χ2v) is 6.16. The summed E-state index contributed by atoms with van der Waals surface area (Å²) in [4.78, 5) is 4.07. The third kappa shape index (κ3) is 6.69. The molecule has 0 fully saturated rings. The Morgan fingerprint density at radius 2 is 1.86 bits per heavy atom. The molecule has 0 aliphatic carbocycles. The van der Waals surface area contributed by atoms with Crippen molar-refractivity contribution in [3.63, 3.8) is 0 Å². The summed E-state index contributed by atoms with van der Waals surface area (Å²) in [6, 6.07) is 1.95. The van der Waals surface area contributed by atoms with E-state index in [0.29, 0.717) is 13.2 Å². The lowest BCUT2D eigenvalue weighted by atomic mass is 9.93. The van der Waals surface area contributed by atoms with Gasteiger partial charge < -0.3 is 10.1 Å². The van der Waals surface area contributed by atoms with Crippen molar-refractivity contribution in [2.45, 2.75) is 46.7 Å². The Hall–Kier alpha value is -1.46. The number of nitrogens with one attached hydrogen (secondary N) is 1. The molecule has 0 aliphatic heterocycles. The quantitative estimate of drug-likeness (QED) is 0.824. The lowest BCUT2D eigenvalue weighted by molar-refractivity contribution is -0.137. The molecule has 1 rings (SSSR count). The van der Waals surface area contributed by atoms with Gasteiger partial charge in [0.1, 0.15) is 5.82 Å². The molecule has 0 spiro atoms. The van der Waals surface area contributed by atoms with Gasteiger partial charge >= 0.3 is 6.18 Å². The maximum atomic E-state index is 12.9. The van der Waals surface area contributed by atoms with Crippen molar-refractivity contribution in [1.29, 1.82) is 0 Å². The van der Waals surface area contributed by atoms with Crippen molar-refractivity contribution in [3.05, 3.63) is 17.7 Å². The molecule has 6 heteroatoms. The van der Waals surface area contributed by atoms with Gasteiger partial charge in [0, 0.05) is 12.6 Å². The van der Waals surface area contributed by atoms with Crippen molar-refractivity contribution in [2.75, 3.05) is 18.5 Å². The zero-order valence-corrected chi connectivity index (χ0v) is 13.0. The minimum Gasteiger partial charge on any atom is -0.478 e. The molecule has 0 unspecified atom stereocenters. The molecule has 0 radical (unpaired) electrons. The van der Waals surface area contributed by atoms with Gasteiger partial charge in [-0.3, -0.25) is 0 Å². The van der Waals surface area contributed by atoms with E-state index in [0.717, 1.165) is 25.0 Å². The van der Waals surface area contributed by atoms with Crippen molar-refractivity contribution in [1.82, 2.24) is 4.98 Å². The number of nitrogens with zero attached hydrogens (tertiary/aromatic N) is 1. The summed E-state index contributed by atoms with van der Waals surface area (Å²) >= 11 is 0. The smallest absolute Gasteiger partial charge is 0.416 e. The van der Waals surface area contributed by atoms with E-state index in [4.69, 9.17) is 4.74 Å². The summed E-state index contributed by atoms with van der Waals surface area (Å²) in [6.07, 6.45) is -2.87. The highest BCUT2D eigenvalue weighted by Crippen LogP contribution is 2.32. The molecule has 1 N–H and O–H groups in total. The number of hydrogen-bond donors (Lipinski definition) is 1. The fourth-order valence-electron chi connectivity index (χ4n) is 1.55. The van der Waals surface area contributed by atoms with Crippen LogP contribution in [0.15, 0.2) is 12.1 Å². The molecular weight excluding hydrogens is 281 g/mol. The van der Waals surface area contributed by atoms with E-state index >= 15 is 0 Å². The van der Waals surface area contributed by atoms with E-state index in [1.165, 1.54) is 0 Å². The Morgan fingerprint density at radius 3 is 2.38 bits per heavy atom. The van der Waals surface area contributed by atoms with E-state index in [9.17, 15) is 13.2 Å². The lowest BCUT2D eigenvalue weighted by Gasteiger charge is -2.18. The third-order valence-electron chi connectivity index (χ3n) is 2.79. The molecule has 21 heavy (non-hydrogen) atoms. The van der Waals surface area contributed by atoms with E-state index in [2.05, 4.69) is 10.3 Å². The highest BCUT2D eigenvalue weighted by molar-refractivity contribution is 5.42. The largest absolute Gasteiger partial charge is 0.478 e. The first kappa shape index (κ1) is 17.6. The Labute approximate surface area is 123 Å². The summed E-state index contributed by atoms with van der Waals surface area (Å²) in [5.74, 6) is 0.199. The topological polar surface area (TPSA) is 34.1 Å². The molecule has 0 amide bonds. The molecule has 0 saturated heterocycles. The van der Waals surface area contributed by atoms with Crippen LogP contribution in [-0.4, -0.2) is 18.1 Å². The number of hydrogen-bond acceptors (Lipinski definition) is 3. The molecule has 1 aromatic heterocycles. The minimum absolute atomic E-state index is 0.00711. The molecule has 0 aliphatic rings. The van der Waals surface area contributed by atoms with E-state index in [1.54, 1.807) is 0 Å². The van der Waals surface area contributed by atoms with Crippen LogP contribution in [0.5, 0.6) is 5.88 Å². The fraction of sp³-hybridized carbons (Fsp3) is 0.667. The average Bonchev–Trinajstić information content (AvgIpc) is 2.33. The first-order valence-electron chi connectivity index (χ1n) is 7.08. The highest BCUT2D eigenvalue weighted by atomic mass is 19.4. The highest BCUT2D eigenvalue weighted by Gasteiger charge is 2.32. The van der Waals surface area contributed by atoms with Crippen molar-refractivity contribution in [2.24, 2.45) is 5.41 Å². The first-order chi connectivity index (χ1) is 9.62. The van der Waals surface area contributed by atoms with Crippen LogP contribution in [0.25, 0.3) is 0 Å². The van der Waals surface area contributed by atoms with E-state index < -0.39 is 11.7 Å². The summed E-state index contributed by atoms with van der Waals surface area (Å²) < 4.78 is 44.0. The van der Waals surface area contributed by atoms with E-state index in [-0.39, 0.29) is 17.1 Å². The lowest BCUT2D eigenvalue weighted by Crippen LogP contribution is -2.13. The van der Waals surface area contributed by atoms with Crippen LogP contribution < -0.4 is 10.1 Å². The second kappa shape index (κ2) is 7.00. The second-order valence-electron chi connectivity index (χ2n) is 6.16. The number of alkyl halides is 3. The molecular formula is C15H23F3N2O. The summed E-state index contributed by atoms with van der Waals surface area (Å²) in [7, 11) is 0. The zero-order valence-electron chi connectivity index (χ0n) is 13.0. The number of halogens is 3. The van der Waals surface area contributed by atoms with Gasteiger partial charge in [-0.2, -0.15) is 18.2 Å². The zero-order chi connectivity index (χ0) is 16.1. The van der Waals surface area contributed by atoms with Crippen LogP contribution in [0.4, 0.5) is 19.0 Å². The average molecular weight is 304 g/mol. The van der Waals surface area contributed by atoms with Crippen LogP contribution in [-0.2, 0) is 6.18 Å². The SMILES string of the molecule is CCCNc1cc(C(F)(F)F)cc(OCCC(C)(C)C)n1. The Bertz CT molecular complexity index is 453. The molecule has 1 aromatic rings. The first-order valence-corrected chi connectivity index (χ1v) is 7.08. The van der Waals surface area contributed by atoms with Crippen LogP contribution in [0.2, 0.25) is 0 Å². The number of aromatic nitrogens is 1. The van der Waals surface area contributed by atoms with Crippen molar-refractivity contribution in [3.8, 4) is 5.88 Å². The maximum Gasteiger partial charge on any atom is 0.416 e. The molecule has 0 bridgehead atoms. The summed E-state index contributed by atoms with van der Waals surface area (Å²) in [6.45, 7) is 8.97. The number of pyridine rings is 1. The van der Waals surface area contributed by atoms with Crippen LogP contribution in [0.3, 0.4) is 0 Å². The number of rotatable bonds is 6. The van der Waals surface area contributed by atoms with Gasteiger partial charge in [0.2, 0.25) is 5.88 Å². The predicted octanol–water partition coefficient (Wildman–Crippen LogP) is 4.74. The van der Waals surface area contributed by atoms with Crippen LogP contribution in [0, 0.1) is 5.41 Å². The number of ether oxygens (including phenoxy) is 1. The predicted molar refractivity (Wildman–Crippen MR) is 77.6 cm³/mol. The third-order valence-corrected chi connectivity index (χ3v) is 2.79. The fourth-order valence-corrected chi connectivity index (χ4v) is 1.55. The summed E-state index contributed by atoms with van der Waals surface area (Å²) in [5, 5.41) is 2.86. The van der Waals surface area contributed by atoms with Gasteiger partial charge in [0.05, 0.1) is 12.2 Å². The van der Waals surface area contributed by atoms with Gasteiger partial charge in [-0.1, -0.05) is 27.7 Å². The molecule has 1 heterocycles. The van der Waals surface area contributed by atoms with Crippen molar-refractivity contribution >= 4 is 5.82 Å². The Balaban J connectivity index is 2.86. The van der Waals surface area contributed by atoms with Gasteiger partial charge in [-0.05, 0) is 24.3 Å². The number of anilines is 1. The monoisotopic (exact) mass is 304 g/mol. The Morgan fingerprint density at radius 1 is 1.19 bits per heavy atom. The normalized spacial score (nSPS) is 12.3.